The molecule has 1 saturated heterocycles. The first-order valence-corrected chi connectivity index (χ1v) is 15.0. The molecule has 0 radical (unpaired) electrons. The first-order valence-electron chi connectivity index (χ1n) is 13.6. The number of nitrogens with zero attached hydrogens (tertiary/aromatic N) is 3. The molecule has 230 valence electrons. The quantitative estimate of drug-likeness (QED) is 0.174. The summed E-state index contributed by atoms with van der Waals surface area (Å²) in [7, 11) is -4.45. The number of anilines is 2. The Morgan fingerprint density at radius 2 is 1.93 bits per heavy atom. The predicted octanol–water partition coefficient (Wildman–Crippen LogP) is 4.85. The molecule has 1 unspecified atom stereocenters. The lowest BCUT2D eigenvalue weighted by Gasteiger charge is -2.43. The Balaban J connectivity index is 1.41. The third kappa shape index (κ3) is 6.82. The van der Waals surface area contributed by atoms with Crippen molar-refractivity contribution in [2.75, 3.05) is 16.6 Å². The second kappa shape index (κ2) is 12.3. The molecule has 2 aromatic carbocycles. The highest BCUT2D eigenvalue weighted by atomic mass is 32.2. The number of hydrogen-bond donors (Lipinski definition) is 3. The molecule has 3 N–H and O–H groups in total. The van der Waals surface area contributed by atoms with Crippen molar-refractivity contribution in [3.8, 4) is 5.75 Å². The van der Waals surface area contributed by atoms with E-state index in [4.69, 9.17) is 4.74 Å². The predicted molar refractivity (Wildman–Crippen MR) is 147 cm³/mol. The first-order chi connectivity index (χ1) is 20.5. The van der Waals surface area contributed by atoms with Crippen molar-refractivity contribution >= 4 is 28.0 Å². The lowest BCUT2D eigenvalue weighted by Crippen LogP contribution is -2.52. The Morgan fingerprint density at radius 1 is 1.12 bits per heavy atom. The average Bonchev–Trinajstić information content (AvgIpc) is 3.43. The van der Waals surface area contributed by atoms with Gasteiger partial charge in [-0.2, -0.15) is 13.2 Å². The summed E-state index contributed by atoms with van der Waals surface area (Å²) < 4.78 is 88.4. The Labute approximate surface area is 245 Å². The molecule has 15 heteroatoms. The normalized spacial score (nSPS) is 23.1. The van der Waals surface area contributed by atoms with Crippen LogP contribution in [-0.4, -0.2) is 59.7 Å². The fourth-order valence-electron chi connectivity index (χ4n) is 5.91. The molecule has 1 saturated carbocycles. The number of hydrogen-bond acceptors (Lipinski definition) is 9. The monoisotopic (exact) mass is 623 g/mol. The summed E-state index contributed by atoms with van der Waals surface area (Å²) >= 11 is 0. The topological polar surface area (TPSA) is 134 Å². The molecule has 2 fully saturated rings. The third-order valence-corrected chi connectivity index (χ3v) is 9.25. The van der Waals surface area contributed by atoms with Crippen LogP contribution in [0.25, 0.3) is 0 Å². The van der Waals surface area contributed by atoms with Crippen LogP contribution in [0.2, 0.25) is 0 Å². The summed E-state index contributed by atoms with van der Waals surface area (Å²) in [6, 6.07) is 7.34. The van der Waals surface area contributed by atoms with E-state index in [9.17, 15) is 31.5 Å². The summed E-state index contributed by atoms with van der Waals surface area (Å²) in [6.45, 7) is 0.914. The van der Waals surface area contributed by atoms with Gasteiger partial charge >= 0.3 is 6.18 Å². The average molecular weight is 624 g/mol. The minimum atomic E-state index is -4.49. The van der Waals surface area contributed by atoms with E-state index < -0.39 is 50.5 Å². The van der Waals surface area contributed by atoms with Gasteiger partial charge in [-0.1, -0.05) is 18.2 Å². The van der Waals surface area contributed by atoms with Gasteiger partial charge in [0.2, 0.25) is 0 Å². The molecule has 4 atom stereocenters. The van der Waals surface area contributed by atoms with Crippen LogP contribution in [0.1, 0.15) is 49.1 Å². The highest BCUT2D eigenvalue weighted by molar-refractivity contribution is 7.92. The van der Waals surface area contributed by atoms with Crippen LogP contribution in [-0.2, 0) is 25.7 Å². The van der Waals surface area contributed by atoms with Gasteiger partial charge < -0.3 is 15.2 Å². The van der Waals surface area contributed by atoms with Gasteiger partial charge in [-0.25, -0.2) is 22.8 Å². The van der Waals surface area contributed by atoms with Crippen molar-refractivity contribution in [1.29, 1.82) is 0 Å². The molecule has 0 bridgehead atoms. The van der Waals surface area contributed by atoms with E-state index in [-0.39, 0.29) is 23.5 Å². The van der Waals surface area contributed by atoms with Gasteiger partial charge in [0.25, 0.3) is 16.5 Å². The maximum absolute atomic E-state index is 15.2. The van der Waals surface area contributed by atoms with Gasteiger partial charge in [0.1, 0.15) is 28.6 Å². The largest absolute Gasteiger partial charge is 0.506 e. The van der Waals surface area contributed by atoms with E-state index in [1.807, 2.05) is 4.90 Å². The highest BCUT2D eigenvalue weighted by Crippen LogP contribution is 2.41. The van der Waals surface area contributed by atoms with Crippen LogP contribution in [0.4, 0.5) is 29.1 Å². The number of phenols is 1. The van der Waals surface area contributed by atoms with Crippen molar-refractivity contribution in [2.45, 2.75) is 67.4 Å². The molecule has 1 aromatic heterocycles. The number of alkyl halides is 3. The Morgan fingerprint density at radius 3 is 2.65 bits per heavy atom. The summed E-state index contributed by atoms with van der Waals surface area (Å²) in [6.07, 6.45) is -0.0142. The fourth-order valence-corrected chi connectivity index (χ4v) is 7.00. The van der Waals surface area contributed by atoms with Crippen molar-refractivity contribution in [2.24, 2.45) is 0 Å². The van der Waals surface area contributed by atoms with Crippen LogP contribution in [0, 0.1) is 5.82 Å². The summed E-state index contributed by atoms with van der Waals surface area (Å²) in [5.74, 6) is -1.98. The number of aromatic nitrogens is 2. The number of nitrogens with one attached hydrogen (secondary N) is 2. The highest BCUT2D eigenvalue weighted by Gasteiger charge is 2.41. The van der Waals surface area contributed by atoms with E-state index in [2.05, 4.69) is 20.0 Å². The zero-order valence-electron chi connectivity index (χ0n) is 22.7. The van der Waals surface area contributed by atoms with E-state index >= 15 is 4.39 Å². The van der Waals surface area contributed by atoms with Gasteiger partial charge in [0.05, 0.1) is 11.3 Å². The Hall–Kier alpha value is -3.98. The number of carbonyl (C=O) groups is 1. The Kier molecular flexibility index (Phi) is 8.74. The SMILES string of the molecule is O=COC1CCCN1[C@H]1C[C@@H](c2cccc(C(F)(F)F)c2)CC[C@@H]1Nc1cc(F)c(S(=O)(=O)Nc2ccncn2)cc1O. The molecular formula is C28H29F4N5O5S. The lowest BCUT2D eigenvalue weighted by atomic mass is 9.77. The first kappa shape index (κ1) is 30.5. The lowest BCUT2D eigenvalue weighted by molar-refractivity contribution is -0.143. The number of sulfonamides is 1. The molecule has 5 rings (SSSR count). The van der Waals surface area contributed by atoms with Crippen LogP contribution in [0.15, 0.2) is 59.9 Å². The summed E-state index contributed by atoms with van der Waals surface area (Å²) in [4.78, 5) is 19.8. The zero-order chi connectivity index (χ0) is 30.8. The van der Waals surface area contributed by atoms with Crippen LogP contribution in [0.3, 0.4) is 0 Å². The molecular weight excluding hydrogens is 594 g/mol. The van der Waals surface area contributed by atoms with Crippen molar-refractivity contribution in [3.05, 3.63) is 71.9 Å². The zero-order valence-corrected chi connectivity index (χ0v) is 23.5. The number of phenolic OH excluding ortho intramolecular Hbond substituents is 1. The van der Waals surface area contributed by atoms with E-state index in [0.29, 0.717) is 44.3 Å². The van der Waals surface area contributed by atoms with Gasteiger partial charge in [0, 0.05) is 37.0 Å². The van der Waals surface area contributed by atoms with E-state index in [1.54, 1.807) is 6.07 Å². The van der Waals surface area contributed by atoms with Crippen LogP contribution >= 0.6 is 0 Å². The number of rotatable bonds is 9. The standard InChI is InChI=1S/C28H29F4N5O5S/c29-20-13-22(24(39)14-25(20)43(40,41)36-26-8-9-33-15-34-26)35-21-7-6-18(17-3-1-4-19(11-17)28(30,31)32)12-23(21)37-10-2-5-27(37)42-16-38/h1,3-4,8-9,11,13-16,18,21,23,27,35,39H,2,5-7,10,12H2,(H,33,34,36)/t18-,21-,23-,27?/m0/s1. The minimum Gasteiger partial charge on any atom is -0.506 e. The van der Waals surface area contributed by atoms with Gasteiger partial charge in [-0.05, 0) is 55.7 Å². The smallest absolute Gasteiger partial charge is 0.416 e. The van der Waals surface area contributed by atoms with Gasteiger partial charge in [-0.3, -0.25) is 14.4 Å². The minimum absolute atomic E-state index is 0.0574. The summed E-state index contributed by atoms with van der Waals surface area (Å²) in [5, 5.41) is 13.9. The Bertz CT molecular complexity index is 1560. The molecule has 1 aliphatic heterocycles. The third-order valence-electron chi connectivity index (χ3n) is 7.88. The molecule has 2 heterocycles. The van der Waals surface area contributed by atoms with Crippen LogP contribution in [0.5, 0.6) is 5.75 Å². The number of benzene rings is 2. The number of likely N-dealkylation sites (tertiary alicyclic amines) is 1. The summed E-state index contributed by atoms with van der Waals surface area (Å²) in [5.41, 5.74) is -0.266. The second-order valence-corrected chi connectivity index (χ2v) is 12.2. The molecule has 0 spiro atoms. The maximum atomic E-state index is 15.2. The molecule has 10 nitrogen and oxygen atoms in total. The number of aromatic hydroxyl groups is 1. The van der Waals surface area contributed by atoms with E-state index in [0.717, 1.165) is 37.0 Å². The number of carbonyl (C=O) groups excluding carboxylic acids is 1. The molecule has 43 heavy (non-hydrogen) atoms. The van der Waals surface area contributed by atoms with Gasteiger partial charge in [0.15, 0.2) is 6.23 Å². The molecule has 1 aliphatic carbocycles. The maximum Gasteiger partial charge on any atom is 0.416 e. The van der Waals surface area contributed by atoms with Crippen molar-refractivity contribution < 1.29 is 40.6 Å². The van der Waals surface area contributed by atoms with Crippen molar-refractivity contribution in [1.82, 2.24) is 14.9 Å². The molecule has 2 aliphatic rings. The van der Waals surface area contributed by atoms with Gasteiger partial charge in [-0.15, -0.1) is 0 Å². The van der Waals surface area contributed by atoms with Crippen molar-refractivity contribution in [3.63, 3.8) is 0 Å². The molecule has 3 aromatic rings. The van der Waals surface area contributed by atoms with Crippen LogP contribution < -0.4 is 10.0 Å². The number of ether oxygens (including phenoxy) is 1. The molecule has 0 amide bonds. The fraction of sp³-hybridized carbons (Fsp3) is 0.393. The van der Waals surface area contributed by atoms with E-state index in [1.165, 1.54) is 18.3 Å². The second-order valence-electron chi connectivity index (χ2n) is 10.5. The number of halogens is 4.